The molecule has 0 fully saturated rings. The maximum Gasteiger partial charge on any atom is 0.306 e. The summed E-state index contributed by atoms with van der Waals surface area (Å²) in [5.74, 6) is -0.872. The number of carbonyl (C=O) groups excluding carboxylic acids is 3. The van der Waals surface area contributed by atoms with Crippen molar-refractivity contribution in [3.05, 3.63) is 72.9 Å². The quantitative estimate of drug-likeness (QED) is 0.0261. The van der Waals surface area contributed by atoms with Gasteiger partial charge in [-0.2, -0.15) is 0 Å². The molecule has 0 aromatic carbocycles. The van der Waals surface area contributed by atoms with E-state index in [1.165, 1.54) is 186 Å². The Morgan fingerprint density at radius 2 is 0.520 bits per heavy atom. The number of hydrogen-bond donors (Lipinski definition) is 0. The van der Waals surface area contributed by atoms with E-state index in [0.29, 0.717) is 19.3 Å². The Morgan fingerprint density at radius 1 is 0.280 bits per heavy atom. The Bertz CT molecular complexity index is 1390. The molecule has 0 rings (SSSR count). The van der Waals surface area contributed by atoms with Gasteiger partial charge in [-0.05, 0) is 70.6 Å². The van der Waals surface area contributed by atoms with Crippen molar-refractivity contribution >= 4 is 17.9 Å². The summed E-state index contributed by atoms with van der Waals surface area (Å²) in [5, 5.41) is 0. The van der Waals surface area contributed by atoms with Crippen LogP contribution in [0.3, 0.4) is 0 Å². The van der Waals surface area contributed by atoms with Crippen molar-refractivity contribution in [1.29, 1.82) is 0 Å². The Labute approximate surface area is 465 Å². The van der Waals surface area contributed by atoms with Gasteiger partial charge in [0.1, 0.15) is 13.2 Å². The average molecular weight is 1050 g/mol. The van der Waals surface area contributed by atoms with Gasteiger partial charge >= 0.3 is 17.9 Å². The predicted molar refractivity (Wildman–Crippen MR) is 325 cm³/mol. The Kier molecular flexibility index (Phi) is 60.7. The molecule has 0 spiro atoms. The highest BCUT2D eigenvalue weighted by atomic mass is 16.6. The van der Waals surface area contributed by atoms with Crippen LogP contribution in [-0.4, -0.2) is 37.2 Å². The molecule has 0 heterocycles. The Balaban J connectivity index is 4.31. The highest BCUT2D eigenvalue weighted by Crippen LogP contribution is 2.17. The summed E-state index contributed by atoms with van der Waals surface area (Å²) in [7, 11) is 0. The van der Waals surface area contributed by atoms with Crippen LogP contribution in [-0.2, 0) is 28.6 Å². The molecule has 0 aliphatic carbocycles. The molecular formula is C69H122O6. The van der Waals surface area contributed by atoms with E-state index >= 15 is 0 Å². The predicted octanol–water partition coefficient (Wildman–Crippen LogP) is 22.1. The minimum atomic E-state index is -0.779. The van der Waals surface area contributed by atoms with Crippen LogP contribution in [0, 0.1) is 0 Å². The van der Waals surface area contributed by atoms with Crippen molar-refractivity contribution < 1.29 is 28.6 Å². The van der Waals surface area contributed by atoms with Crippen LogP contribution >= 0.6 is 0 Å². The third-order valence-corrected chi connectivity index (χ3v) is 14.2. The first-order chi connectivity index (χ1) is 37.0. The van der Waals surface area contributed by atoms with Gasteiger partial charge in [-0.15, -0.1) is 0 Å². The van der Waals surface area contributed by atoms with Crippen molar-refractivity contribution in [2.24, 2.45) is 0 Å². The van der Waals surface area contributed by atoms with Crippen LogP contribution in [0.15, 0.2) is 72.9 Å². The van der Waals surface area contributed by atoms with E-state index in [1.807, 2.05) is 0 Å². The smallest absolute Gasteiger partial charge is 0.306 e. The van der Waals surface area contributed by atoms with Crippen molar-refractivity contribution in [1.82, 2.24) is 0 Å². The van der Waals surface area contributed by atoms with Crippen LogP contribution in [0.4, 0.5) is 0 Å². The number of esters is 3. The summed E-state index contributed by atoms with van der Waals surface area (Å²) < 4.78 is 16.9. The van der Waals surface area contributed by atoms with Gasteiger partial charge in [0.15, 0.2) is 6.10 Å². The van der Waals surface area contributed by atoms with Crippen molar-refractivity contribution in [2.75, 3.05) is 13.2 Å². The van der Waals surface area contributed by atoms with Gasteiger partial charge in [0.25, 0.3) is 0 Å². The molecule has 6 nitrogen and oxygen atoms in total. The number of carbonyl (C=O) groups is 3. The molecule has 0 saturated heterocycles. The highest BCUT2D eigenvalue weighted by Gasteiger charge is 2.19. The zero-order chi connectivity index (χ0) is 54.3. The molecule has 0 saturated carbocycles. The van der Waals surface area contributed by atoms with Crippen LogP contribution in [0.5, 0.6) is 0 Å². The Morgan fingerprint density at radius 3 is 0.813 bits per heavy atom. The van der Waals surface area contributed by atoms with Gasteiger partial charge in [-0.1, -0.05) is 312 Å². The van der Waals surface area contributed by atoms with Crippen LogP contribution in [0.2, 0.25) is 0 Å². The van der Waals surface area contributed by atoms with E-state index in [9.17, 15) is 14.4 Å². The number of rotatable bonds is 59. The zero-order valence-corrected chi connectivity index (χ0v) is 49.8. The van der Waals surface area contributed by atoms with Crippen LogP contribution in [0.1, 0.15) is 329 Å². The van der Waals surface area contributed by atoms with Gasteiger partial charge in [-0.3, -0.25) is 14.4 Å². The summed E-state index contributed by atoms with van der Waals surface area (Å²) >= 11 is 0. The topological polar surface area (TPSA) is 78.9 Å². The lowest BCUT2D eigenvalue weighted by molar-refractivity contribution is -0.167. The SMILES string of the molecule is CC/C=C\C/C=C\C/C=C\C/C=C\C/C=C\C/C=C\CCCCCCCCC(=O)OCC(COC(=O)CCCCCCCCCCCCCC)OC(=O)CCCCCCCCCCCCCCCCCCCCCC. The fraction of sp³-hybridized carbons (Fsp3) is 0.783. The van der Waals surface area contributed by atoms with Crippen molar-refractivity contribution in [2.45, 2.75) is 335 Å². The summed E-state index contributed by atoms with van der Waals surface area (Å²) in [6.07, 6.45) is 81.9. The molecular weight excluding hydrogens is 925 g/mol. The molecule has 0 aliphatic heterocycles. The monoisotopic (exact) mass is 1050 g/mol. The lowest BCUT2D eigenvalue weighted by Gasteiger charge is -2.18. The minimum Gasteiger partial charge on any atom is -0.462 e. The maximum absolute atomic E-state index is 12.9. The van der Waals surface area contributed by atoms with Gasteiger partial charge in [0.05, 0.1) is 0 Å². The molecule has 0 bridgehead atoms. The van der Waals surface area contributed by atoms with Crippen molar-refractivity contribution in [3.8, 4) is 0 Å². The first kappa shape index (κ1) is 71.8. The first-order valence-electron chi connectivity index (χ1n) is 32.4. The molecule has 0 aromatic heterocycles. The second-order valence-corrected chi connectivity index (χ2v) is 21.7. The highest BCUT2D eigenvalue weighted by molar-refractivity contribution is 5.71. The summed E-state index contributed by atoms with van der Waals surface area (Å²) in [4.78, 5) is 38.3. The molecule has 0 amide bonds. The number of ether oxygens (including phenoxy) is 3. The molecule has 75 heavy (non-hydrogen) atoms. The van der Waals surface area contributed by atoms with E-state index in [2.05, 4.69) is 93.7 Å². The van der Waals surface area contributed by atoms with Gasteiger partial charge in [0, 0.05) is 19.3 Å². The van der Waals surface area contributed by atoms with E-state index in [-0.39, 0.29) is 31.1 Å². The lowest BCUT2D eigenvalue weighted by Crippen LogP contribution is -2.30. The standard InChI is InChI=1S/C69H122O6/c1-4-7-10-13-16-19-22-25-27-29-31-33-34-35-36-37-39-40-42-44-47-50-53-56-59-62-68(71)74-65-66(64-73-67(70)61-58-55-52-49-46-24-21-18-15-12-9-6-3)75-69(72)63-60-57-54-51-48-45-43-41-38-32-30-28-26-23-20-17-14-11-8-5-2/h7,10,16,19,25,27,31,33,35-36,39-40,66H,4-6,8-9,11-15,17-18,20-24,26,28-30,32,34,37-38,41-65H2,1-3H3/b10-7-,19-16-,27-25-,33-31-,36-35-,40-39-. The average Bonchev–Trinajstić information content (AvgIpc) is 3.41. The summed E-state index contributed by atoms with van der Waals surface area (Å²) in [6, 6.07) is 0. The third kappa shape index (κ3) is 61.6. The van der Waals surface area contributed by atoms with Crippen LogP contribution in [0.25, 0.3) is 0 Å². The maximum atomic E-state index is 12.9. The molecule has 0 aromatic rings. The summed E-state index contributed by atoms with van der Waals surface area (Å²) in [6.45, 7) is 6.56. The molecule has 0 radical (unpaired) electrons. The molecule has 0 N–H and O–H groups in total. The second kappa shape index (κ2) is 63.4. The molecule has 434 valence electrons. The normalized spacial score (nSPS) is 12.5. The fourth-order valence-corrected chi connectivity index (χ4v) is 9.39. The molecule has 0 aliphatic rings. The largest absolute Gasteiger partial charge is 0.462 e. The third-order valence-electron chi connectivity index (χ3n) is 14.2. The summed E-state index contributed by atoms with van der Waals surface area (Å²) in [5.41, 5.74) is 0. The van der Waals surface area contributed by atoms with E-state index in [1.54, 1.807) is 0 Å². The first-order valence-corrected chi connectivity index (χ1v) is 32.4. The van der Waals surface area contributed by atoms with Gasteiger partial charge in [0.2, 0.25) is 0 Å². The zero-order valence-electron chi connectivity index (χ0n) is 49.8. The molecule has 1 atom stereocenters. The van der Waals surface area contributed by atoms with Crippen molar-refractivity contribution in [3.63, 3.8) is 0 Å². The Hall–Kier alpha value is -3.15. The van der Waals surface area contributed by atoms with Gasteiger partial charge in [-0.25, -0.2) is 0 Å². The lowest BCUT2D eigenvalue weighted by atomic mass is 10.0. The van der Waals surface area contributed by atoms with Gasteiger partial charge < -0.3 is 14.2 Å². The number of unbranched alkanes of at least 4 members (excludes halogenated alkanes) is 36. The molecule has 1 unspecified atom stereocenters. The van der Waals surface area contributed by atoms with E-state index < -0.39 is 6.10 Å². The van der Waals surface area contributed by atoms with E-state index in [4.69, 9.17) is 14.2 Å². The fourth-order valence-electron chi connectivity index (χ4n) is 9.39. The van der Waals surface area contributed by atoms with Crippen LogP contribution < -0.4 is 0 Å². The number of hydrogen-bond acceptors (Lipinski definition) is 6. The number of allylic oxidation sites excluding steroid dienone is 12. The molecule has 6 heteroatoms. The minimum absolute atomic E-state index is 0.0755. The second-order valence-electron chi connectivity index (χ2n) is 21.7. The van der Waals surface area contributed by atoms with E-state index in [0.717, 1.165) is 103 Å².